The minimum atomic E-state index is -0.579. The summed E-state index contributed by atoms with van der Waals surface area (Å²) in [4.78, 5) is 44.1. The molecule has 2 saturated heterocycles. The predicted molar refractivity (Wildman–Crippen MR) is 180 cm³/mol. The lowest BCUT2D eigenvalue weighted by Gasteiger charge is -2.36. The molecule has 0 unspecified atom stereocenters. The third-order valence-corrected chi connectivity index (χ3v) is 8.83. The standard InChI is InChI=1S/C34H33ClN6O6/c1-21-7-6-14-40(21)24-12-10-23(11-13-24)33(42)36-27-20-28(26(35)19-29(27)41(44)45)38-15-17-39(18-16-38)34(43)31-22(2)47-37-32(31)25-8-4-5-9-30(25)46-3/h4-5,8-13,19-20H,1,6-7,14-18H2,2-3H3,(H,36,42). The second-order valence-corrected chi connectivity index (χ2v) is 11.7. The monoisotopic (exact) mass is 656 g/mol. The van der Waals surface area contributed by atoms with Crippen LogP contribution in [0.5, 0.6) is 5.75 Å². The number of halogens is 1. The maximum Gasteiger partial charge on any atom is 0.294 e. The number of nitrogens with zero attached hydrogens (tertiary/aromatic N) is 5. The summed E-state index contributed by atoms with van der Waals surface area (Å²) in [6.07, 6.45) is 1.96. The SMILES string of the molecule is C=C1CCCN1c1ccc(C(=O)Nc2cc(N3CCN(C(=O)c4c(-c5ccccc5OC)noc4C)CC3)c(Cl)cc2[N+](=O)[O-])cc1. The van der Waals surface area contributed by atoms with E-state index >= 15 is 0 Å². The number of ether oxygens (including phenoxy) is 1. The molecule has 12 nitrogen and oxygen atoms in total. The zero-order valence-corrected chi connectivity index (χ0v) is 26.7. The molecule has 1 aromatic heterocycles. The van der Waals surface area contributed by atoms with Crippen molar-refractivity contribution in [1.29, 1.82) is 0 Å². The van der Waals surface area contributed by atoms with Gasteiger partial charge in [-0.15, -0.1) is 0 Å². The number of benzene rings is 3. The summed E-state index contributed by atoms with van der Waals surface area (Å²) in [5.74, 6) is 0.250. The number of anilines is 3. The van der Waals surface area contributed by atoms with Gasteiger partial charge in [0.05, 0.1) is 22.7 Å². The number of nitro benzene ring substituents is 1. The second kappa shape index (κ2) is 13.2. The van der Waals surface area contributed by atoms with Crippen molar-refractivity contribution >= 4 is 46.2 Å². The maximum absolute atomic E-state index is 13.7. The Balaban J connectivity index is 1.18. The normalized spacial score (nSPS) is 14.8. The fourth-order valence-electron chi connectivity index (χ4n) is 6.03. The molecular formula is C34H33ClN6O6. The van der Waals surface area contributed by atoms with Crippen molar-refractivity contribution in [3.8, 4) is 17.0 Å². The summed E-state index contributed by atoms with van der Waals surface area (Å²) >= 11 is 6.56. The topological polar surface area (TPSA) is 134 Å². The van der Waals surface area contributed by atoms with Gasteiger partial charge in [-0.1, -0.05) is 35.5 Å². The number of aryl methyl sites for hydroxylation is 1. The van der Waals surface area contributed by atoms with Crippen molar-refractivity contribution in [2.45, 2.75) is 19.8 Å². The lowest BCUT2D eigenvalue weighted by atomic mass is 10.0. The average Bonchev–Trinajstić information content (AvgIpc) is 3.69. The van der Waals surface area contributed by atoms with Gasteiger partial charge in [-0.2, -0.15) is 0 Å². The van der Waals surface area contributed by atoms with Crippen molar-refractivity contribution in [2.75, 3.05) is 55.0 Å². The Bertz CT molecular complexity index is 1870. The highest BCUT2D eigenvalue weighted by molar-refractivity contribution is 6.33. The van der Waals surface area contributed by atoms with Crippen LogP contribution >= 0.6 is 11.6 Å². The van der Waals surface area contributed by atoms with Crippen LogP contribution < -0.4 is 19.9 Å². The first-order chi connectivity index (χ1) is 22.7. The van der Waals surface area contributed by atoms with Crippen LogP contribution in [0.1, 0.15) is 39.3 Å². The number of carbonyl (C=O) groups is 2. The molecule has 0 bridgehead atoms. The number of carbonyl (C=O) groups excluding carboxylic acids is 2. The average molecular weight is 657 g/mol. The highest BCUT2D eigenvalue weighted by Gasteiger charge is 2.31. The summed E-state index contributed by atoms with van der Waals surface area (Å²) in [7, 11) is 1.55. The van der Waals surface area contributed by atoms with Crippen molar-refractivity contribution in [3.05, 3.63) is 105 Å². The first-order valence-electron chi connectivity index (χ1n) is 15.1. The Kier molecular flexibility index (Phi) is 8.86. The summed E-state index contributed by atoms with van der Waals surface area (Å²) in [6, 6.07) is 17.1. The first-order valence-corrected chi connectivity index (χ1v) is 15.5. The number of nitrogens with one attached hydrogen (secondary N) is 1. The van der Waals surface area contributed by atoms with Crippen LogP contribution in [0, 0.1) is 17.0 Å². The van der Waals surface area contributed by atoms with E-state index in [-0.39, 0.29) is 22.3 Å². The molecule has 4 aromatic rings. The van der Waals surface area contributed by atoms with Crippen LogP contribution in [-0.4, -0.2) is 66.6 Å². The third kappa shape index (κ3) is 6.24. The van der Waals surface area contributed by atoms with Gasteiger partial charge in [-0.05, 0) is 62.2 Å². The molecular weight excluding hydrogens is 624 g/mol. The van der Waals surface area contributed by atoms with Gasteiger partial charge < -0.3 is 29.3 Å². The summed E-state index contributed by atoms with van der Waals surface area (Å²) in [5.41, 5.74) is 3.96. The highest BCUT2D eigenvalue weighted by atomic mass is 35.5. The Morgan fingerprint density at radius 3 is 2.45 bits per heavy atom. The van der Waals surface area contributed by atoms with Gasteiger partial charge in [0.1, 0.15) is 28.5 Å². The minimum absolute atomic E-state index is 0.0245. The first kappa shape index (κ1) is 31.6. The molecule has 3 heterocycles. The number of para-hydroxylation sites is 1. The molecule has 2 aliphatic rings. The molecule has 13 heteroatoms. The second-order valence-electron chi connectivity index (χ2n) is 11.3. The number of hydrogen-bond donors (Lipinski definition) is 1. The van der Waals surface area contributed by atoms with E-state index in [1.807, 2.05) is 35.2 Å². The van der Waals surface area contributed by atoms with Crippen molar-refractivity contribution in [2.24, 2.45) is 0 Å². The van der Waals surface area contributed by atoms with Crippen molar-refractivity contribution in [1.82, 2.24) is 10.1 Å². The smallest absolute Gasteiger partial charge is 0.294 e. The van der Waals surface area contributed by atoms with Gasteiger partial charge in [0, 0.05) is 61.3 Å². The number of rotatable bonds is 8. The summed E-state index contributed by atoms with van der Waals surface area (Å²) in [6.45, 7) is 8.15. The molecule has 3 aromatic carbocycles. The van der Waals surface area contributed by atoms with E-state index < -0.39 is 10.8 Å². The highest BCUT2D eigenvalue weighted by Crippen LogP contribution is 2.38. The molecule has 2 aliphatic heterocycles. The van der Waals surface area contributed by atoms with Crippen molar-refractivity contribution < 1.29 is 23.8 Å². The van der Waals surface area contributed by atoms with Crippen LogP contribution in [0.4, 0.5) is 22.7 Å². The largest absolute Gasteiger partial charge is 0.496 e. The molecule has 0 radical (unpaired) electrons. The van der Waals surface area contributed by atoms with E-state index in [0.29, 0.717) is 65.8 Å². The van der Waals surface area contributed by atoms with Crippen LogP contribution in [0.3, 0.4) is 0 Å². The van der Waals surface area contributed by atoms with Gasteiger partial charge in [0.15, 0.2) is 0 Å². The number of nitro groups is 1. The predicted octanol–water partition coefficient (Wildman–Crippen LogP) is 6.55. The van der Waals surface area contributed by atoms with Crippen LogP contribution in [-0.2, 0) is 0 Å². The van der Waals surface area contributed by atoms with Gasteiger partial charge in [-0.3, -0.25) is 19.7 Å². The number of amides is 2. The molecule has 47 heavy (non-hydrogen) atoms. The summed E-state index contributed by atoms with van der Waals surface area (Å²) in [5, 5.41) is 19.0. The fourth-order valence-corrected chi connectivity index (χ4v) is 6.31. The Hall–Kier alpha value is -5.36. The molecule has 0 saturated carbocycles. The van der Waals surface area contributed by atoms with E-state index in [1.165, 1.54) is 12.1 Å². The zero-order chi connectivity index (χ0) is 33.2. The Labute approximate surface area is 276 Å². The Morgan fingerprint density at radius 2 is 1.79 bits per heavy atom. The molecule has 6 rings (SSSR count). The van der Waals surface area contributed by atoms with Gasteiger partial charge in [0.2, 0.25) is 0 Å². The van der Waals surface area contributed by atoms with E-state index in [1.54, 1.807) is 37.1 Å². The third-order valence-electron chi connectivity index (χ3n) is 8.53. The molecule has 0 atom stereocenters. The van der Waals surface area contributed by atoms with Crippen LogP contribution in [0.25, 0.3) is 11.3 Å². The molecule has 242 valence electrons. The molecule has 0 spiro atoms. The van der Waals surface area contributed by atoms with Gasteiger partial charge in [0.25, 0.3) is 17.5 Å². The summed E-state index contributed by atoms with van der Waals surface area (Å²) < 4.78 is 10.9. The number of allylic oxidation sites excluding steroid dienone is 1. The van der Waals surface area contributed by atoms with Crippen LogP contribution in [0.2, 0.25) is 5.02 Å². The van der Waals surface area contributed by atoms with E-state index in [4.69, 9.17) is 20.9 Å². The minimum Gasteiger partial charge on any atom is -0.496 e. The van der Waals surface area contributed by atoms with Gasteiger partial charge in [-0.25, -0.2) is 0 Å². The number of piperazine rings is 1. The lowest BCUT2D eigenvalue weighted by molar-refractivity contribution is -0.383. The van der Waals surface area contributed by atoms with E-state index in [9.17, 15) is 19.7 Å². The lowest BCUT2D eigenvalue weighted by Crippen LogP contribution is -2.49. The number of methoxy groups -OCH3 is 1. The Morgan fingerprint density at radius 1 is 1.06 bits per heavy atom. The van der Waals surface area contributed by atoms with E-state index in [2.05, 4.69) is 22.0 Å². The molecule has 2 fully saturated rings. The van der Waals surface area contributed by atoms with Crippen molar-refractivity contribution in [3.63, 3.8) is 0 Å². The maximum atomic E-state index is 13.7. The molecule has 2 amide bonds. The number of aromatic nitrogens is 1. The van der Waals surface area contributed by atoms with Gasteiger partial charge >= 0.3 is 0 Å². The van der Waals surface area contributed by atoms with Crippen LogP contribution in [0.15, 0.2) is 77.5 Å². The quantitative estimate of drug-likeness (QED) is 0.165. The zero-order valence-electron chi connectivity index (χ0n) is 26.0. The molecule has 0 aliphatic carbocycles. The fraction of sp³-hybridized carbons (Fsp3) is 0.265. The molecule has 1 N–H and O–H groups in total. The van der Waals surface area contributed by atoms with E-state index in [0.717, 1.165) is 30.8 Å². The number of hydrogen-bond acceptors (Lipinski definition) is 9.